The van der Waals surface area contributed by atoms with Gasteiger partial charge < -0.3 is 33.7 Å². The van der Waals surface area contributed by atoms with E-state index in [1.807, 2.05) is 25.1 Å². The molecular weight excluding hydrogens is 676 g/mol. The van der Waals surface area contributed by atoms with Crippen molar-refractivity contribution in [2.24, 2.45) is 0 Å². The van der Waals surface area contributed by atoms with Gasteiger partial charge in [-0.25, -0.2) is 9.97 Å². The zero-order chi connectivity index (χ0) is 36.6. The van der Waals surface area contributed by atoms with Crippen LogP contribution in [0.3, 0.4) is 0 Å². The Balaban J connectivity index is 0.00000702. The number of rotatable bonds is 15. The Morgan fingerprint density at radius 3 is 2.14 bits per heavy atom. The molecule has 14 heteroatoms. The number of aromatic nitrogens is 2. The summed E-state index contributed by atoms with van der Waals surface area (Å²) in [5.41, 5.74) is 3.45. The fourth-order valence-corrected chi connectivity index (χ4v) is 5.59. The van der Waals surface area contributed by atoms with Crippen molar-refractivity contribution in [1.29, 1.82) is 5.26 Å². The number of carboxylic acid groups (broad SMARTS) is 1. The van der Waals surface area contributed by atoms with Gasteiger partial charge in [-0.1, -0.05) is 13.8 Å². The molecule has 1 aromatic heterocycles. The van der Waals surface area contributed by atoms with E-state index in [0.717, 1.165) is 34.4 Å². The molecule has 264 valence electrons. The number of alkyl halides is 3. The summed E-state index contributed by atoms with van der Waals surface area (Å²) in [6.07, 6.45) is -1.84. The largest absolute Gasteiger partial charge is 1.00 e. The van der Waals surface area contributed by atoms with Gasteiger partial charge in [-0.3, -0.25) is 0 Å². The number of hydrogen-bond donors (Lipinski definition) is 0. The van der Waals surface area contributed by atoms with Gasteiger partial charge in [0.15, 0.2) is 17.2 Å². The fraction of sp³-hybridized carbons (Fsp3) is 0.351. The second kappa shape index (κ2) is 18.1. The number of carbonyl (C=O) groups is 1. The Bertz CT molecular complexity index is 1860. The van der Waals surface area contributed by atoms with Crippen LogP contribution in [0.5, 0.6) is 23.0 Å². The number of aryl methyl sites for hydroxylation is 1. The molecule has 0 radical (unpaired) electrons. The van der Waals surface area contributed by atoms with Gasteiger partial charge in [0.1, 0.15) is 5.75 Å². The maximum absolute atomic E-state index is 13.9. The van der Waals surface area contributed by atoms with Crippen LogP contribution in [0.4, 0.5) is 19.1 Å². The Morgan fingerprint density at radius 2 is 1.57 bits per heavy atom. The average molecular weight is 715 g/mol. The monoisotopic (exact) mass is 714 g/mol. The van der Waals surface area contributed by atoms with Gasteiger partial charge in [0.2, 0.25) is 5.95 Å². The van der Waals surface area contributed by atoms with Gasteiger partial charge in [0, 0.05) is 24.6 Å². The summed E-state index contributed by atoms with van der Waals surface area (Å²) in [4.78, 5) is 21.3. The SMILES string of the molecule is COc1cc(CN(Cc2cc(C#N)cc(C(F)(F)F)c2)c2ncc(OCCCC(=O)[O-])cn2)c(-c2cc(C(C)C)c(C)cc2OC)cc1OC.[Na+]. The Hall–Kier alpha value is -4.51. The number of nitriles is 1. The van der Waals surface area contributed by atoms with E-state index in [4.69, 9.17) is 18.9 Å². The van der Waals surface area contributed by atoms with E-state index >= 15 is 0 Å². The van der Waals surface area contributed by atoms with Crippen molar-refractivity contribution >= 4 is 11.9 Å². The first-order valence-corrected chi connectivity index (χ1v) is 15.7. The molecule has 0 spiro atoms. The van der Waals surface area contributed by atoms with Crippen LogP contribution in [0.15, 0.2) is 54.9 Å². The molecule has 3 aromatic carbocycles. The standard InChI is InChI=1S/C37H39F3N4O6.Na/c1-22(2)29-15-31(32(47-4)10-23(29)3)30-16-34(49-6)33(48-5)14-26(30)21-44(20-25-11-24(17-41)12-27(13-25)37(38,39)40)36-42-18-28(19-43-36)50-9-7-8-35(45)46;/h10-16,18-19,22H,7-9,20-21H2,1-6H3,(H,45,46);/q;+1/p-1. The third kappa shape index (κ3) is 10.5. The number of methoxy groups -OCH3 is 3. The first kappa shape index (κ1) is 40.9. The maximum Gasteiger partial charge on any atom is 1.00 e. The Labute approximate surface area is 317 Å². The van der Waals surface area contributed by atoms with Crippen molar-refractivity contribution in [3.63, 3.8) is 0 Å². The molecule has 0 amide bonds. The number of carboxylic acids is 1. The first-order chi connectivity index (χ1) is 23.8. The van der Waals surface area contributed by atoms with Crippen molar-refractivity contribution in [2.75, 3.05) is 32.8 Å². The van der Waals surface area contributed by atoms with E-state index in [-0.39, 0.29) is 90.8 Å². The van der Waals surface area contributed by atoms with Crippen LogP contribution in [0.25, 0.3) is 11.1 Å². The van der Waals surface area contributed by atoms with Crippen molar-refractivity contribution < 1.29 is 71.6 Å². The third-order valence-electron chi connectivity index (χ3n) is 7.98. The molecule has 1 heterocycles. The molecular formula is C37H38F3N4NaO6. The van der Waals surface area contributed by atoms with Gasteiger partial charge >= 0.3 is 35.7 Å². The number of carbonyl (C=O) groups excluding carboxylic acids is 1. The molecule has 4 aromatic rings. The number of hydrogen-bond acceptors (Lipinski definition) is 10. The van der Waals surface area contributed by atoms with Crippen molar-refractivity contribution in [3.8, 4) is 40.2 Å². The van der Waals surface area contributed by atoms with E-state index in [1.54, 1.807) is 18.1 Å². The second-order valence-corrected chi connectivity index (χ2v) is 11.9. The van der Waals surface area contributed by atoms with Crippen LogP contribution in [-0.4, -0.2) is 43.9 Å². The molecule has 10 nitrogen and oxygen atoms in total. The number of ether oxygens (including phenoxy) is 4. The Morgan fingerprint density at radius 1 is 0.922 bits per heavy atom. The molecule has 0 saturated heterocycles. The molecule has 0 aliphatic heterocycles. The molecule has 0 aliphatic rings. The Kier molecular flexibility index (Phi) is 14.5. The summed E-state index contributed by atoms with van der Waals surface area (Å²) in [6, 6.07) is 12.6. The molecule has 0 saturated carbocycles. The van der Waals surface area contributed by atoms with Crippen LogP contribution in [0, 0.1) is 18.3 Å². The molecule has 0 fully saturated rings. The van der Waals surface area contributed by atoms with Gasteiger partial charge in [0.25, 0.3) is 0 Å². The summed E-state index contributed by atoms with van der Waals surface area (Å²) in [6.45, 7) is 6.25. The van der Waals surface area contributed by atoms with Gasteiger partial charge in [-0.05, 0) is 96.0 Å². The normalized spacial score (nSPS) is 11.0. The van der Waals surface area contributed by atoms with Crippen molar-refractivity contribution in [3.05, 3.63) is 88.2 Å². The van der Waals surface area contributed by atoms with E-state index in [9.17, 15) is 28.3 Å². The van der Waals surface area contributed by atoms with Gasteiger partial charge in [-0.15, -0.1) is 0 Å². The molecule has 0 unspecified atom stereocenters. The third-order valence-corrected chi connectivity index (χ3v) is 7.98. The molecule has 0 bridgehead atoms. The average Bonchev–Trinajstić information content (AvgIpc) is 3.09. The van der Waals surface area contributed by atoms with Crippen LogP contribution >= 0.6 is 0 Å². The number of nitrogens with zero attached hydrogens (tertiary/aromatic N) is 4. The zero-order valence-electron chi connectivity index (χ0n) is 29.7. The minimum absolute atomic E-state index is 0. The quantitative estimate of drug-likeness (QED) is 0.133. The number of aliphatic carboxylic acids is 1. The van der Waals surface area contributed by atoms with E-state index in [2.05, 4.69) is 29.9 Å². The molecule has 4 rings (SSSR count). The van der Waals surface area contributed by atoms with E-state index < -0.39 is 17.7 Å². The van der Waals surface area contributed by atoms with Crippen molar-refractivity contribution in [2.45, 2.75) is 58.8 Å². The van der Waals surface area contributed by atoms with E-state index in [1.165, 1.54) is 32.7 Å². The second-order valence-electron chi connectivity index (χ2n) is 11.9. The number of benzene rings is 3. The molecule has 0 aliphatic carbocycles. The summed E-state index contributed by atoms with van der Waals surface area (Å²) in [5, 5.41) is 20.3. The zero-order valence-corrected chi connectivity index (χ0v) is 31.7. The minimum Gasteiger partial charge on any atom is -0.550 e. The van der Waals surface area contributed by atoms with E-state index in [0.29, 0.717) is 22.8 Å². The number of anilines is 1. The molecule has 51 heavy (non-hydrogen) atoms. The summed E-state index contributed by atoms with van der Waals surface area (Å²) < 4.78 is 64.3. The summed E-state index contributed by atoms with van der Waals surface area (Å²) >= 11 is 0. The maximum atomic E-state index is 13.9. The summed E-state index contributed by atoms with van der Waals surface area (Å²) in [7, 11) is 4.61. The van der Waals surface area contributed by atoms with Crippen LogP contribution < -0.4 is 58.5 Å². The van der Waals surface area contributed by atoms with Gasteiger partial charge in [0.05, 0.1) is 57.5 Å². The van der Waals surface area contributed by atoms with Crippen LogP contribution in [-0.2, 0) is 24.1 Å². The summed E-state index contributed by atoms with van der Waals surface area (Å²) in [5.74, 6) is 0.929. The number of halogens is 3. The smallest absolute Gasteiger partial charge is 0.550 e. The minimum atomic E-state index is -4.68. The first-order valence-electron chi connectivity index (χ1n) is 15.7. The molecule has 0 atom stereocenters. The fourth-order valence-electron chi connectivity index (χ4n) is 5.59. The predicted molar refractivity (Wildman–Crippen MR) is 178 cm³/mol. The van der Waals surface area contributed by atoms with Gasteiger partial charge in [-0.2, -0.15) is 18.4 Å². The molecule has 0 N–H and O–H groups in total. The van der Waals surface area contributed by atoms with Crippen molar-refractivity contribution in [1.82, 2.24) is 9.97 Å². The predicted octanol–water partition coefficient (Wildman–Crippen LogP) is 3.61. The topological polar surface area (TPSA) is 130 Å². The van der Waals surface area contributed by atoms with Crippen LogP contribution in [0.1, 0.15) is 66.0 Å². The van der Waals surface area contributed by atoms with Crippen LogP contribution in [0.2, 0.25) is 0 Å².